The Labute approximate surface area is 137 Å². The molecule has 0 atom stereocenters. The summed E-state index contributed by atoms with van der Waals surface area (Å²) >= 11 is 0. The first kappa shape index (κ1) is 17.0. The summed E-state index contributed by atoms with van der Waals surface area (Å²) in [5.41, 5.74) is 0.982. The van der Waals surface area contributed by atoms with Crippen LogP contribution in [0.5, 0.6) is 5.75 Å². The van der Waals surface area contributed by atoms with Crippen LogP contribution in [0.1, 0.15) is 26.3 Å². The lowest BCUT2D eigenvalue weighted by Gasteiger charge is -2.23. The third kappa shape index (κ3) is 5.11. The van der Waals surface area contributed by atoms with E-state index >= 15 is 0 Å². The SMILES string of the molecule is CCOC(C)(C)C(=O)Nc1ccc(OCc2ccccc2)cc1. The first-order valence-electron chi connectivity index (χ1n) is 7.73. The summed E-state index contributed by atoms with van der Waals surface area (Å²) in [5.74, 6) is 0.591. The van der Waals surface area contributed by atoms with E-state index in [1.807, 2.05) is 61.5 Å². The maximum Gasteiger partial charge on any atom is 0.256 e. The van der Waals surface area contributed by atoms with Gasteiger partial charge in [0.1, 0.15) is 18.0 Å². The molecule has 0 aliphatic carbocycles. The predicted molar refractivity (Wildman–Crippen MR) is 91.6 cm³/mol. The summed E-state index contributed by atoms with van der Waals surface area (Å²) in [6.07, 6.45) is 0. The average Bonchev–Trinajstić information content (AvgIpc) is 2.55. The Bertz CT molecular complexity index is 621. The zero-order valence-electron chi connectivity index (χ0n) is 13.8. The molecule has 2 aromatic rings. The summed E-state index contributed by atoms with van der Waals surface area (Å²) in [6, 6.07) is 17.3. The molecule has 0 aliphatic rings. The second-order valence-electron chi connectivity index (χ2n) is 5.70. The van der Waals surface area contributed by atoms with Crippen LogP contribution in [-0.4, -0.2) is 18.1 Å². The first-order valence-corrected chi connectivity index (χ1v) is 7.73. The molecule has 1 amide bonds. The van der Waals surface area contributed by atoms with Gasteiger partial charge in [-0.15, -0.1) is 0 Å². The molecule has 1 N–H and O–H groups in total. The number of benzene rings is 2. The van der Waals surface area contributed by atoms with E-state index in [4.69, 9.17) is 9.47 Å². The number of amides is 1. The molecule has 0 unspecified atom stereocenters. The number of rotatable bonds is 7. The van der Waals surface area contributed by atoms with Crippen LogP contribution in [0.15, 0.2) is 54.6 Å². The van der Waals surface area contributed by atoms with Gasteiger partial charge in [0.2, 0.25) is 0 Å². The van der Waals surface area contributed by atoms with Gasteiger partial charge < -0.3 is 14.8 Å². The van der Waals surface area contributed by atoms with Gasteiger partial charge in [-0.2, -0.15) is 0 Å². The monoisotopic (exact) mass is 313 g/mol. The molecule has 2 aromatic carbocycles. The van der Waals surface area contributed by atoms with Crippen molar-refractivity contribution in [3.63, 3.8) is 0 Å². The number of hydrogen-bond acceptors (Lipinski definition) is 3. The Hall–Kier alpha value is -2.33. The first-order chi connectivity index (χ1) is 11.0. The Balaban J connectivity index is 1.90. The summed E-state index contributed by atoms with van der Waals surface area (Å²) in [5, 5.41) is 2.85. The zero-order valence-corrected chi connectivity index (χ0v) is 13.8. The molecule has 0 heterocycles. The Morgan fingerprint density at radius 3 is 2.30 bits per heavy atom. The highest BCUT2D eigenvalue weighted by atomic mass is 16.5. The predicted octanol–water partition coefficient (Wildman–Crippen LogP) is 4.02. The molecule has 0 fully saturated rings. The quantitative estimate of drug-likeness (QED) is 0.840. The lowest BCUT2D eigenvalue weighted by Crippen LogP contribution is -2.39. The van der Waals surface area contributed by atoms with Crippen LogP contribution in [0, 0.1) is 0 Å². The van der Waals surface area contributed by atoms with Crippen LogP contribution >= 0.6 is 0 Å². The highest BCUT2D eigenvalue weighted by Gasteiger charge is 2.27. The minimum Gasteiger partial charge on any atom is -0.489 e. The van der Waals surface area contributed by atoms with Gasteiger partial charge in [-0.3, -0.25) is 4.79 Å². The summed E-state index contributed by atoms with van der Waals surface area (Å²) in [7, 11) is 0. The van der Waals surface area contributed by atoms with Crippen LogP contribution < -0.4 is 10.1 Å². The highest BCUT2D eigenvalue weighted by molar-refractivity contribution is 5.96. The van der Waals surface area contributed by atoms with Crippen molar-refractivity contribution in [2.45, 2.75) is 33.0 Å². The second kappa shape index (κ2) is 7.79. The number of nitrogens with one attached hydrogen (secondary N) is 1. The van der Waals surface area contributed by atoms with Crippen LogP contribution in [0.3, 0.4) is 0 Å². The molecule has 0 bridgehead atoms. The topological polar surface area (TPSA) is 47.6 Å². The molecule has 4 nitrogen and oxygen atoms in total. The summed E-state index contributed by atoms with van der Waals surface area (Å²) < 4.78 is 11.2. The van der Waals surface area contributed by atoms with Gasteiger partial charge >= 0.3 is 0 Å². The van der Waals surface area contributed by atoms with Gasteiger partial charge in [-0.05, 0) is 50.6 Å². The van der Waals surface area contributed by atoms with Gasteiger partial charge in [-0.1, -0.05) is 30.3 Å². The maximum absolute atomic E-state index is 12.2. The molecule has 0 saturated heterocycles. The van der Waals surface area contributed by atoms with E-state index in [1.54, 1.807) is 13.8 Å². The van der Waals surface area contributed by atoms with Crippen molar-refractivity contribution >= 4 is 11.6 Å². The van der Waals surface area contributed by atoms with Crippen molar-refractivity contribution in [1.29, 1.82) is 0 Å². The normalized spacial score (nSPS) is 11.1. The molecular formula is C19H23NO3. The van der Waals surface area contributed by atoms with E-state index in [0.29, 0.717) is 13.2 Å². The van der Waals surface area contributed by atoms with E-state index < -0.39 is 5.60 Å². The maximum atomic E-state index is 12.2. The Kier molecular flexibility index (Phi) is 5.77. The molecule has 0 spiro atoms. The number of anilines is 1. The largest absolute Gasteiger partial charge is 0.489 e. The number of carbonyl (C=O) groups is 1. The van der Waals surface area contributed by atoms with Crippen molar-refractivity contribution < 1.29 is 14.3 Å². The van der Waals surface area contributed by atoms with E-state index in [1.165, 1.54) is 0 Å². The highest BCUT2D eigenvalue weighted by Crippen LogP contribution is 2.19. The molecule has 0 aromatic heterocycles. The molecule has 0 aliphatic heterocycles. The van der Waals surface area contributed by atoms with E-state index in [-0.39, 0.29) is 5.91 Å². The van der Waals surface area contributed by atoms with Gasteiger partial charge in [0, 0.05) is 12.3 Å². The molecule has 0 radical (unpaired) electrons. The number of carbonyl (C=O) groups excluding carboxylic acids is 1. The minimum absolute atomic E-state index is 0.169. The van der Waals surface area contributed by atoms with Crippen molar-refractivity contribution in [2.24, 2.45) is 0 Å². The van der Waals surface area contributed by atoms with E-state index in [2.05, 4.69) is 5.32 Å². The third-order valence-electron chi connectivity index (χ3n) is 3.41. The van der Waals surface area contributed by atoms with Gasteiger partial charge in [-0.25, -0.2) is 0 Å². The molecule has 2 rings (SSSR count). The molecular weight excluding hydrogens is 290 g/mol. The fourth-order valence-corrected chi connectivity index (χ4v) is 2.08. The molecule has 4 heteroatoms. The lowest BCUT2D eigenvalue weighted by molar-refractivity contribution is -0.136. The second-order valence-corrected chi connectivity index (χ2v) is 5.70. The van der Waals surface area contributed by atoms with E-state index in [9.17, 15) is 4.79 Å². The van der Waals surface area contributed by atoms with Gasteiger partial charge in [0.15, 0.2) is 0 Å². The molecule has 122 valence electrons. The van der Waals surface area contributed by atoms with Crippen molar-refractivity contribution in [2.75, 3.05) is 11.9 Å². The third-order valence-corrected chi connectivity index (χ3v) is 3.41. The number of hydrogen-bond donors (Lipinski definition) is 1. The molecule has 0 saturated carbocycles. The summed E-state index contributed by atoms with van der Waals surface area (Å²) in [4.78, 5) is 12.2. The number of ether oxygens (including phenoxy) is 2. The van der Waals surface area contributed by atoms with Crippen LogP contribution in [0.25, 0.3) is 0 Å². The van der Waals surface area contributed by atoms with Crippen molar-refractivity contribution in [3.8, 4) is 5.75 Å². The molecule has 23 heavy (non-hydrogen) atoms. The van der Waals surface area contributed by atoms with Crippen LogP contribution in [0.4, 0.5) is 5.69 Å². The Morgan fingerprint density at radius 1 is 1.04 bits per heavy atom. The zero-order chi connectivity index (χ0) is 16.7. The van der Waals surface area contributed by atoms with E-state index in [0.717, 1.165) is 17.0 Å². The Morgan fingerprint density at radius 2 is 1.70 bits per heavy atom. The van der Waals surface area contributed by atoms with Crippen molar-refractivity contribution in [1.82, 2.24) is 0 Å². The van der Waals surface area contributed by atoms with Crippen molar-refractivity contribution in [3.05, 3.63) is 60.2 Å². The fourth-order valence-electron chi connectivity index (χ4n) is 2.08. The average molecular weight is 313 g/mol. The van der Waals surface area contributed by atoms with Crippen LogP contribution in [-0.2, 0) is 16.1 Å². The minimum atomic E-state index is -0.850. The fraction of sp³-hybridized carbons (Fsp3) is 0.316. The summed E-state index contributed by atoms with van der Waals surface area (Å²) in [6.45, 7) is 6.39. The van der Waals surface area contributed by atoms with Gasteiger partial charge in [0.25, 0.3) is 5.91 Å². The smallest absolute Gasteiger partial charge is 0.256 e. The lowest BCUT2D eigenvalue weighted by atomic mass is 10.1. The van der Waals surface area contributed by atoms with Gasteiger partial charge in [0.05, 0.1) is 0 Å². The standard InChI is InChI=1S/C19H23NO3/c1-4-23-19(2,3)18(21)20-16-10-12-17(13-11-16)22-14-15-8-6-5-7-9-15/h5-13H,4,14H2,1-3H3,(H,20,21). The van der Waals surface area contributed by atoms with Crippen LogP contribution in [0.2, 0.25) is 0 Å².